The number of nitrogens with zero attached hydrogens (tertiary/aromatic N) is 2. The molecule has 1 heterocycles. The molecule has 1 fully saturated rings. The Kier molecular flexibility index (Phi) is 4.89. The zero-order valence-electron chi connectivity index (χ0n) is 13.6. The summed E-state index contributed by atoms with van der Waals surface area (Å²) in [5, 5.41) is 19.7. The van der Waals surface area contributed by atoms with Crippen molar-refractivity contribution in [1.29, 1.82) is 0 Å². The highest BCUT2D eigenvalue weighted by molar-refractivity contribution is 5.44. The van der Waals surface area contributed by atoms with Gasteiger partial charge in [0.25, 0.3) is 0 Å². The highest BCUT2D eigenvalue weighted by atomic mass is 16.3. The van der Waals surface area contributed by atoms with E-state index in [0.717, 1.165) is 42.8 Å². The molecule has 0 bridgehead atoms. The Bertz CT molecular complexity index is 482. The number of anilines is 1. The van der Waals surface area contributed by atoms with Crippen molar-refractivity contribution >= 4 is 5.82 Å². The van der Waals surface area contributed by atoms with Crippen molar-refractivity contribution in [1.82, 2.24) is 4.98 Å². The molecule has 1 aliphatic rings. The second-order valence-electron chi connectivity index (χ2n) is 7.16. The molecule has 4 nitrogen and oxygen atoms in total. The SMILES string of the molecule is CN(c1cc(CO)cc(C(C)(C)C)n1)C1CCCCC1O. The quantitative estimate of drug-likeness (QED) is 0.899. The molecule has 1 saturated carbocycles. The van der Waals surface area contributed by atoms with Gasteiger partial charge in [-0.2, -0.15) is 0 Å². The monoisotopic (exact) mass is 292 g/mol. The molecular weight excluding hydrogens is 264 g/mol. The molecule has 1 aromatic heterocycles. The molecule has 2 rings (SSSR count). The van der Waals surface area contributed by atoms with Crippen LogP contribution in [-0.2, 0) is 12.0 Å². The van der Waals surface area contributed by atoms with E-state index in [1.165, 1.54) is 0 Å². The minimum Gasteiger partial charge on any atom is -0.392 e. The molecular formula is C17H28N2O2. The molecule has 21 heavy (non-hydrogen) atoms. The molecule has 1 aromatic rings. The van der Waals surface area contributed by atoms with E-state index in [2.05, 4.69) is 25.7 Å². The van der Waals surface area contributed by atoms with Crippen LogP contribution in [0.25, 0.3) is 0 Å². The van der Waals surface area contributed by atoms with Crippen molar-refractivity contribution in [2.45, 2.75) is 70.6 Å². The highest BCUT2D eigenvalue weighted by Crippen LogP contribution is 2.29. The molecule has 4 heteroatoms. The second-order valence-corrected chi connectivity index (χ2v) is 7.16. The summed E-state index contributed by atoms with van der Waals surface area (Å²) in [6, 6.07) is 4.01. The van der Waals surface area contributed by atoms with Crippen molar-refractivity contribution in [2.24, 2.45) is 0 Å². The Morgan fingerprint density at radius 2 is 1.90 bits per heavy atom. The summed E-state index contributed by atoms with van der Waals surface area (Å²) in [5.74, 6) is 0.845. The van der Waals surface area contributed by atoms with E-state index in [1.54, 1.807) is 0 Å². The number of aromatic nitrogens is 1. The maximum Gasteiger partial charge on any atom is 0.129 e. The lowest BCUT2D eigenvalue weighted by Crippen LogP contribution is -2.44. The van der Waals surface area contributed by atoms with Gasteiger partial charge >= 0.3 is 0 Å². The lowest BCUT2D eigenvalue weighted by molar-refractivity contribution is 0.106. The lowest BCUT2D eigenvalue weighted by Gasteiger charge is -2.36. The minimum absolute atomic E-state index is 0.0136. The number of aliphatic hydroxyl groups is 2. The molecule has 118 valence electrons. The van der Waals surface area contributed by atoms with Gasteiger partial charge < -0.3 is 15.1 Å². The van der Waals surface area contributed by atoms with Crippen LogP contribution in [0, 0.1) is 0 Å². The summed E-state index contributed by atoms with van der Waals surface area (Å²) >= 11 is 0. The molecule has 0 aliphatic heterocycles. The number of likely N-dealkylation sites (N-methyl/N-ethyl adjacent to an activating group) is 1. The van der Waals surface area contributed by atoms with Gasteiger partial charge in [-0.25, -0.2) is 4.98 Å². The zero-order valence-corrected chi connectivity index (χ0v) is 13.6. The average molecular weight is 292 g/mol. The third-order valence-corrected chi connectivity index (χ3v) is 4.38. The number of hydrogen-bond acceptors (Lipinski definition) is 4. The van der Waals surface area contributed by atoms with E-state index in [9.17, 15) is 10.2 Å². The van der Waals surface area contributed by atoms with Gasteiger partial charge in [-0.1, -0.05) is 33.6 Å². The lowest BCUT2D eigenvalue weighted by atomic mass is 9.90. The standard InChI is InChI=1S/C17H28N2O2/c1-17(2,3)15-9-12(11-20)10-16(18-15)19(4)13-7-5-6-8-14(13)21/h9-10,13-14,20-21H,5-8,11H2,1-4H3. The fourth-order valence-corrected chi connectivity index (χ4v) is 2.94. The Balaban J connectivity index is 2.33. The van der Waals surface area contributed by atoms with Gasteiger partial charge in [0.1, 0.15) is 5.82 Å². The molecule has 0 amide bonds. The van der Waals surface area contributed by atoms with E-state index < -0.39 is 0 Å². The van der Waals surface area contributed by atoms with Crippen molar-refractivity contribution in [2.75, 3.05) is 11.9 Å². The van der Waals surface area contributed by atoms with E-state index >= 15 is 0 Å². The minimum atomic E-state index is -0.290. The molecule has 2 unspecified atom stereocenters. The van der Waals surface area contributed by atoms with Crippen LogP contribution in [0.4, 0.5) is 5.82 Å². The number of hydrogen-bond donors (Lipinski definition) is 2. The van der Waals surface area contributed by atoms with E-state index in [-0.39, 0.29) is 24.2 Å². The van der Waals surface area contributed by atoms with Crippen LogP contribution in [0.5, 0.6) is 0 Å². The molecule has 0 radical (unpaired) electrons. The van der Waals surface area contributed by atoms with Crippen LogP contribution >= 0.6 is 0 Å². The summed E-state index contributed by atoms with van der Waals surface area (Å²) < 4.78 is 0. The van der Waals surface area contributed by atoms with Crippen LogP contribution in [0.1, 0.15) is 57.7 Å². The normalized spacial score (nSPS) is 23.1. The second kappa shape index (κ2) is 6.32. The zero-order chi connectivity index (χ0) is 15.6. The first-order valence-electron chi connectivity index (χ1n) is 7.86. The first-order chi connectivity index (χ1) is 9.82. The first kappa shape index (κ1) is 16.2. The molecule has 2 N–H and O–H groups in total. The van der Waals surface area contributed by atoms with Crippen LogP contribution in [-0.4, -0.2) is 34.4 Å². The summed E-state index contributed by atoms with van der Waals surface area (Å²) in [5.41, 5.74) is 1.79. The van der Waals surface area contributed by atoms with Gasteiger partial charge in [0.05, 0.1) is 18.8 Å². The Hall–Kier alpha value is -1.13. The van der Waals surface area contributed by atoms with Crippen LogP contribution < -0.4 is 4.90 Å². The van der Waals surface area contributed by atoms with Gasteiger partial charge in [-0.3, -0.25) is 0 Å². The molecule has 2 atom stereocenters. The topological polar surface area (TPSA) is 56.6 Å². The molecule has 0 saturated heterocycles. The van der Waals surface area contributed by atoms with Gasteiger partial charge in [-0.15, -0.1) is 0 Å². The highest BCUT2D eigenvalue weighted by Gasteiger charge is 2.28. The average Bonchev–Trinajstić information content (AvgIpc) is 2.45. The maximum atomic E-state index is 10.2. The molecule has 0 aromatic carbocycles. The fraction of sp³-hybridized carbons (Fsp3) is 0.706. The summed E-state index contributed by atoms with van der Waals surface area (Å²) in [7, 11) is 2.00. The Morgan fingerprint density at radius 1 is 1.24 bits per heavy atom. The summed E-state index contributed by atoms with van der Waals surface area (Å²) in [4.78, 5) is 6.85. The van der Waals surface area contributed by atoms with Gasteiger partial charge in [-0.05, 0) is 30.5 Å². The smallest absolute Gasteiger partial charge is 0.129 e. The Labute approximate surface area is 127 Å². The number of pyridine rings is 1. The largest absolute Gasteiger partial charge is 0.392 e. The van der Waals surface area contributed by atoms with Crippen LogP contribution in [0.15, 0.2) is 12.1 Å². The van der Waals surface area contributed by atoms with Gasteiger partial charge in [0.2, 0.25) is 0 Å². The number of aliphatic hydroxyl groups excluding tert-OH is 2. The molecule has 0 spiro atoms. The predicted octanol–water partition coefficient (Wildman–Crippen LogP) is 2.61. The number of rotatable bonds is 3. The first-order valence-corrected chi connectivity index (χ1v) is 7.86. The summed E-state index contributed by atoms with van der Waals surface area (Å²) in [6.45, 7) is 6.38. The van der Waals surface area contributed by atoms with Crippen LogP contribution in [0.3, 0.4) is 0 Å². The Morgan fingerprint density at radius 3 is 2.48 bits per heavy atom. The van der Waals surface area contributed by atoms with E-state index in [1.807, 2.05) is 19.2 Å². The van der Waals surface area contributed by atoms with Crippen LogP contribution in [0.2, 0.25) is 0 Å². The van der Waals surface area contributed by atoms with E-state index in [0.29, 0.717) is 0 Å². The molecule has 1 aliphatic carbocycles. The predicted molar refractivity (Wildman–Crippen MR) is 85.5 cm³/mol. The van der Waals surface area contributed by atoms with Gasteiger partial charge in [0, 0.05) is 18.2 Å². The summed E-state index contributed by atoms with van der Waals surface area (Å²) in [6.07, 6.45) is 3.82. The third kappa shape index (κ3) is 3.74. The van der Waals surface area contributed by atoms with E-state index in [4.69, 9.17) is 4.98 Å². The third-order valence-electron chi connectivity index (χ3n) is 4.38. The van der Waals surface area contributed by atoms with Crippen molar-refractivity contribution < 1.29 is 10.2 Å². The van der Waals surface area contributed by atoms with Crippen molar-refractivity contribution in [3.63, 3.8) is 0 Å². The van der Waals surface area contributed by atoms with Gasteiger partial charge in [0.15, 0.2) is 0 Å². The fourth-order valence-electron chi connectivity index (χ4n) is 2.94. The van der Waals surface area contributed by atoms with Crippen molar-refractivity contribution in [3.8, 4) is 0 Å². The maximum absolute atomic E-state index is 10.2. The van der Waals surface area contributed by atoms with Crippen molar-refractivity contribution in [3.05, 3.63) is 23.4 Å².